The van der Waals surface area contributed by atoms with E-state index in [1.807, 2.05) is 0 Å². The molecule has 1 aromatic carbocycles. The van der Waals surface area contributed by atoms with Crippen molar-refractivity contribution in [3.63, 3.8) is 0 Å². The second-order valence-electron chi connectivity index (χ2n) is 5.26. The lowest BCUT2D eigenvalue weighted by molar-refractivity contribution is -0.147. The highest BCUT2D eigenvalue weighted by Crippen LogP contribution is 2.34. The molecule has 0 radical (unpaired) electrons. The van der Waals surface area contributed by atoms with E-state index in [0.717, 1.165) is 0 Å². The molecule has 9 heteroatoms. The molecule has 0 atom stereocenters. The van der Waals surface area contributed by atoms with E-state index in [9.17, 15) is 14.4 Å². The van der Waals surface area contributed by atoms with Crippen LogP contribution in [0.4, 0.5) is 5.69 Å². The number of fused-ring (bicyclic) bond motifs is 1. The molecule has 0 unspecified atom stereocenters. The summed E-state index contributed by atoms with van der Waals surface area (Å²) in [5, 5.41) is 5.09. The average Bonchev–Trinajstić information content (AvgIpc) is 3.31. The van der Waals surface area contributed by atoms with Crippen LogP contribution in [0, 0.1) is 0 Å². The maximum Gasteiger partial charge on any atom is 0.308 e. The van der Waals surface area contributed by atoms with Gasteiger partial charge in [0.2, 0.25) is 6.79 Å². The van der Waals surface area contributed by atoms with Crippen LogP contribution in [0.1, 0.15) is 17.0 Å². The van der Waals surface area contributed by atoms with Crippen molar-refractivity contribution in [3.8, 4) is 11.5 Å². The fourth-order valence-electron chi connectivity index (χ4n) is 2.16. The van der Waals surface area contributed by atoms with Crippen molar-refractivity contribution in [2.75, 3.05) is 25.3 Å². The molecule has 26 heavy (non-hydrogen) atoms. The number of nitrogens with one attached hydrogen (secondary N) is 2. The summed E-state index contributed by atoms with van der Waals surface area (Å²) < 4.78 is 20.2. The van der Waals surface area contributed by atoms with E-state index < -0.39 is 24.4 Å². The Balaban J connectivity index is 1.35. The third kappa shape index (κ3) is 4.53. The Morgan fingerprint density at radius 1 is 1.12 bits per heavy atom. The molecule has 3 rings (SSSR count). The minimum atomic E-state index is -0.606. The van der Waals surface area contributed by atoms with Crippen LogP contribution in [0.3, 0.4) is 0 Å². The summed E-state index contributed by atoms with van der Waals surface area (Å²) in [6, 6.07) is 8.03. The van der Waals surface area contributed by atoms with Crippen LogP contribution in [0.15, 0.2) is 41.0 Å². The molecule has 0 spiro atoms. The summed E-state index contributed by atoms with van der Waals surface area (Å²) in [7, 11) is 0. The molecule has 0 bridgehead atoms. The molecule has 2 amide bonds. The van der Waals surface area contributed by atoms with Crippen LogP contribution in [-0.4, -0.2) is 37.7 Å². The lowest BCUT2D eigenvalue weighted by atomic mass is 10.3. The Hall–Kier alpha value is -3.49. The second kappa shape index (κ2) is 8.06. The lowest BCUT2D eigenvalue weighted by Crippen LogP contribution is -2.27. The summed E-state index contributed by atoms with van der Waals surface area (Å²) in [6.45, 7) is -0.220. The third-order valence-corrected chi connectivity index (χ3v) is 3.38. The number of carbonyl (C=O) groups is 3. The fraction of sp³-hybridized carbons (Fsp3) is 0.235. The van der Waals surface area contributed by atoms with Crippen molar-refractivity contribution >= 4 is 23.5 Å². The molecule has 2 heterocycles. The van der Waals surface area contributed by atoms with Crippen LogP contribution in [0.25, 0.3) is 0 Å². The largest absolute Gasteiger partial charge is 0.459 e. The SMILES string of the molecule is O=C(COC(=O)CCNC(=O)c1ccco1)Nc1ccc2c(c1)OCO2. The highest BCUT2D eigenvalue weighted by atomic mass is 16.7. The van der Waals surface area contributed by atoms with Crippen LogP contribution < -0.4 is 20.1 Å². The Morgan fingerprint density at radius 3 is 2.77 bits per heavy atom. The zero-order valence-corrected chi connectivity index (χ0v) is 13.7. The van der Waals surface area contributed by atoms with E-state index in [4.69, 9.17) is 18.6 Å². The summed E-state index contributed by atoms with van der Waals surface area (Å²) in [5.41, 5.74) is 0.501. The van der Waals surface area contributed by atoms with Gasteiger partial charge in [0, 0.05) is 18.3 Å². The number of esters is 1. The topological polar surface area (TPSA) is 116 Å². The number of rotatable bonds is 7. The molecular weight excluding hydrogens is 344 g/mol. The van der Waals surface area contributed by atoms with Crippen molar-refractivity contribution in [1.29, 1.82) is 0 Å². The summed E-state index contributed by atoms with van der Waals surface area (Å²) in [4.78, 5) is 35.0. The molecule has 1 aromatic heterocycles. The van der Waals surface area contributed by atoms with E-state index >= 15 is 0 Å². The molecule has 136 valence electrons. The molecule has 2 aromatic rings. The monoisotopic (exact) mass is 360 g/mol. The zero-order valence-electron chi connectivity index (χ0n) is 13.7. The minimum Gasteiger partial charge on any atom is -0.459 e. The predicted octanol–water partition coefficient (Wildman–Crippen LogP) is 1.31. The van der Waals surface area contributed by atoms with E-state index in [2.05, 4.69) is 10.6 Å². The van der Waals surface area contributed by atoms with Gasteiger partial charge >= 0.3 is 5.97 Å². The number of ether oxygens (including phenoxy) is 3. The Morgan fingerprint density at radius 2 is 1.96 bits per heavy atom. The number of anilines is 1. The average molecular weight is 360 g/mol. The van der Waals surface area contributed by atoms with Crippen molar-refractivity contribution < 1.29 is 33.0 Å². The highest BCUT2D eigenvalue weighted by molar-refractivity contribution is 5.93. The molecule has 0 fully saturated rings. The molecule has 1 aliphatic rings. The smallest absolute Gasteiger partial charge is 0.308 e. The van der Waals surface area contributed by atoms with Gasteiger partial charge in [-0.05, 0) is 24.3 Å². The van der Waals surface area contributed by atoms with Gasteiger partial charge in [0.25, 0.3) is 11.8 Å². The quantitative estimate of drug-likeness (QED) is 0.715. The highest BCUT2D eigenvalue weighted by Gasteiger charge is 2.15. The molecule has 9 nitrogen and oxygen atoms in total. The molecule has 0 aliphatic carbocycles. The van der Waals surface area contributed by atoms with E-state index in [1.54, 1.807) is 24.3 Å². The van der Waals surface area contributed by atoms with Crippen molar-refractivity contribution in [2.24, 2.45) is 0 Å². The van der Waals surface area contributed by atoms with Gasteiger partial charge < -0.3 is 29.3 Å². The predicted molar refractivity (Wildman–Crippen MR) is 87.8 cm³/mol. The first-order chi connectivity index (χ1) is 12.6. The van der Waals surface area contributed by atoms with Gasteiger partial charge in [0.05, 0.1) is 12.7 Å². The Labute approximate surface area is 148 Å². The first kappa shape index (κ1) is 17.3. The van der Waals surface area contributed by atoms with Crippen LogP contribution in [0.2, 0.25) is 0 Å². The fourth-order valence-corrected chi connectivity index (χ4v) is 2.16. The van der Waals surface area contributed by atoms with E-state index in [-0.39, 0.29) is 25.5 Å². The second-order valence-corrected chi connectivity index (χ2v) is 5.26. The van der Waals surface area contributed by atoms with Crippen LogP contribution >= 0.6 is 0 Å². The molecule has 0 saturated heterocycles. The first-order valence-electron chi connectivity index (χ1n) is 7.78. The van der Waals surface area contributed by atoms with Gasteiger partial charge in [0.1, 0.15) is 0 Å². The number of amides is 2. The maximum absolute atomic E-state index is 11.8. The zero-order chi connectivity index (χ0) is 18.4. The molecular formula is C17H16N2O7. The molecule has 0 saturated carbocycles. The number of benzene rings is 1. The van der Waals surface area contributed by atoms with Crippen molar-refractivity contribution in [2.45, 2.75) is 6.42 Å². The van der Waals surface area contributed by atoms with Crippen LogP contribution in [0.5, 0.6) is 11.5 Å². The first-order valence-corrected chi connectivity index (χ1v) is 7.78. The third-order valence-electron chi connectivity index (χ3n) is 3.38. The van der Waals surface area contributed by atoms with Gasteiger partial charge in [0.15, 0.2) is 23.9 Å². The summed E-state index contributed by atoms with van der Waals surface area (Å²) >= 11 is 0. The normalized spacial score (nSPS) is 11.7. The standard InChI is InChI=1S/C17H16N2O7/c20-15(19-11-3-4-12-14(8-11)26-10-25-12)9-24-16(21)5-6-18-17(22)13-2-1-7-23-13/h1-4,7-8H,5-6,9-10H2,(H,18,22)(H,19,20). The molecule has 1 aliphatic heterocycles. The summed E-state index contributed by atoms with van der Waals surface area (Å²) in [5.74, 6) is -0.231. The van der Waals surface area contributed by atoms with E-state index in [1.165, 1.54) is 12.3 Å². The van der Waals surface area contributed by atoms with Crippen molar-refractivity contribution in [3.05, 3.63) is 42.4 Å². The van der Waals surface area contributed by atoms with E-state index in [0.29, 0.717) is 17.2 Å². The summed E-state index contributed by atoms with van der Waals surface area (Å²) in [6.07, 6.45) is 1.31. The number of carbonyl (C=O) groups excluding carboxylic acids is 3. The van der Waals surface area contributed by atoms with Gasteiger partial charge in [-0.25, -0.2) is 0 Å². The Kier molecular flexibility index (Phi) is 5.37. The van der Waals surface area contributed by atoms with Gasteiger partial charge in [-0.15, -0.1) is 0 Å². The van der Waals surface area contributed by atoms with Crippen LogP contribution in [-0.2, 0) is 14.3 Å². The van der Waals surface area contributed by atoms with Crippen molar-refractivity contribution in [1.82, 2.24) is 5.32 Å². The molecule has 2 N–H and O–H groups in total. The van der Waals surface area contributed by atoms with Gasteiger partial charge in [-0.1, -0.05) is 0 Å². The number of hydrogen-bond donors (Lipinski definition) is 2. The Bertz CT molecular complexity index is 801. The van der Waals surface area contributed by atoms with Gasteiger partial charge in [-0.2, -0.15) is 0 Å². The number of hydrogen-bond acceptors (Lipinski definition) is 7. The lowest BCUT2D eigenvalue weighted by Gasteiger charge is -2.07. The number of furan rings is 1. The maximum atomic E-state index is 11.8. The van der Waals surface area contributed by atoms with Gasteiger partial charge in [-0.3, -0.25) is 14.4 Å². The minimum absolute atomic E-state index is 0.0657.